The first-order chi connectivity index (χ1) is 7.92. The first-order valence-electron chi connectivity index (χ1n) is 5.72. The number of hydrogen-bond acceptors (Lipinski definition) is 3. The first kappa shape index (κ1) is 10.8. The summed E-state index contributed by atoms with van der Waals surface area (Å²) >= 11 is 0. The molecule has 2 aromatic heterocycles. The van der Waals surface area contributed by atoms with Crippen LogP contribution in [0, 0.1) is 0 Å². The van der Waals surface area contributed by atoms with Crippen molar-refractivity contribution in [2.24, 2.45) is 0 Å². The quantitative estimate of drug-likeness (QED) is 0.781. The highest BCUT2D eigenvalue weighted by atomic mass is 15.3. The normalized spacial score (nSPS) is 10.6. The van der Waals surface area contributed by atoms with Gasteiger partial charge in [0.25, 0.3) is 0 Å². The van der Waals surface area contributed by atoms with Crippen molar-refractivity contribution in [3.05, 3.63) is 30.1 Å². The molecule has 0 fully saturated rings. The Bertz CT molecular complexity index is 422. The second kappa shape index (κ2) is 5.39. The molecule has 0 unspecified atom stereocenters. The summed E-state index contributed by atoms with van der Waals surface area (Å²) in [6.45, 7) is 2.21. The van der Waals surface area contributed by atoms with E-state index in [2.05, 4.69) is 33.4 Å². The molecule has 0 aromatic carbocycles. The molecule has 4 heteroatoms. The van der Waals surface area contributed by atoms with Crippen LogP contribution in [0.15, 0.2) is 24.5 Å². The maximum Gasteiger partial charge on any atom is 0.131 e. The number of H-pyrrole nitrogens is 1. The molecule has 0 amide bonds. The lowest BCUT2D eigenvalue weighted by molar-refractivity contribution is 0.716. The lowest BCUT2D eigenvalue weighted by Gasteiger charge is -2.04. The molecule has 84 valence electrons. The van der Waals surface area contributed by atoms with Crippen molar-refractivity contribution in [2.45, 2.75) is 32.6 Å². The predicted octanol–water partition coefficient (Wildman–Crippen LogP) is 2.60. The Kier molecular flexibility index (Phi) is 3.64. The van der Waals surface area contributed by atoms with Crippen LogP contribution in [0.4, 0.5) is 0 Å². The first-order valence-corrected chi connectivity index (χ1v) is 5.72. The number of unbranched alkanes of at least 4 members (excludes halogenated alkanes) is 2. The summed E-state index contributed by atoms with van der Waals surface area (Å²) in [6, 6.07) is 4.09. The summed E-state index contributed by atoms with van der Waals surface area (Å²) in [6.07, 6.45) is 8.34. The number of hydrogen-bond donors (Lipinski definition) is 1. The average Bonchev–Trinajstić information content (AvgIpc) is 2.83. The molecule has 0 aliphatic heterocycles. The SMILES string of the molecule is CCCCCc1cccnc1-c1c[nH]nn1. The second-order valence-corrected chi connectivity index (χ2v) is 3.83. The van der Waals surface area contributed by atoms with Gasteiger partial charge < -0.3 is 0 Å². The topological polar surface area (TPSA) is 54.5 Å². The van der Waals surface area contributed by atoms with E-state index in [9.17, 15) is 0 Å². The van der Waals surface area contributed by atoms with Crippen molar-refractivity contribution in [1.82, 2.24) is 20.4 Å². The van der Waals surface area contributed by atoms with Crippen LogP contribution in [0.5, 0.6) is 0 Å². The zero-order chi connectivity index (χ0) is 11.2. The van der Waals surface area contributed by atoms with Gasteiger partial charge in [-0.3, -0.25) is 10.1 Å². The van der Waals surface area contributed by atoms with Crippen LogP contribution >= 0.6 is 0 Å². The smallest absolute Gasteiger partial charge is 0.131 e. The molecule has 1 N–H and O–H groups in total. The van der Waals surface area contributed by atoms with Gasteiger partial charge in [0.05, 0.1) is 11.9 Å². The van der Waals surface area contributed by atoms with E-state index in [0.29, 0.717) is 0 Å². The van der Waals surface area contributed by atoms with Crippen LogP contribution in [0.2, 0.25) is 0 Å². The molecule has 2 rings (SSSR count). The predicted molar refractivity (Wildman–Crippen MR) is 62.8 cm³/mol. The minimum Gasteiger partial charge on any atom is -0.265 e. The minimum atomic E-state index is 0.826. The third kappa shape index (κ3) is 2.45. The van der Waals surface area contributed by atoms with Crippen molar-refractivity contribution >= 4 is 0 Å². The molecule has 0 saturated heterocycles. The summed E-state index contributed by atoms with van der Waals surface area (Å²) in [5.41, 5.74) is 3.03. The summed E-state index contributed by atoms with van der Waals surface area (Å²) in [7, 11) is 0. The third-order valence-corrected chi connectivity index (χ3v) is 2.60. The molecule has 2 aromatic rings. The lowest BCUT2D eigenvalue weighted by atomic mass is 10.0. The number of nitrogens with zero attached hydrogens (tertiary/aromatic N) is 3. The number of aromatic amines is 1. The fourth-order valence-electron chi connectivity index (χ4n) is 1.75. The van der Waals surface area contributed by atoms with Gasteiger partial charge in [-0.1, -0.05) is 31.0 Å². The zero-order valence-electron chi connectivity index (χ0n) is 9.48. The molecule has 4 nitrogen and oxygen atoms in total. The van der Waals surface area contributed by atoms with E-state index < -0.39 is 0 Å². The van der Waals surface area contributed by atoms with Crippen LogP contribution in [0.1, 0.15) is 31.7 Å². The fraction of sp³-hybridized carbons (Fsp3) is 0.417. The van der Waals surface area contributed by atoms with Gasteiger partial charge in [-0.05, 0) is 24.5 Å². The van der Waals surface area contributed by atoms with Gasteiger partial charge in [0.1, 0.15) is 5.69 Å². The zero-order valence-corrected chi connectivity index (χ0v) is 9.48. The van der Waals surface area contributed by atoms with Gasteiger partial charge in [-0.15, -0.1) is 5.10 Å². The Labute approximate surface area is 95.1 Å². The number of nitrogens with one attached hydrogen (secondary N) is 1. The van der Waals surface area contributed by atoms with E-state index in [-0.39, 0.29) is 0 Å². The van der Waals surface area contributed by atoms with Crippen LogP contribution in [-0.4, -0.2) is 20.4 Å². The second-order valence-electron chi connectivity index (χ2n) is 3.83. The van der Waals surface area contributed by atoms with Gasteiger partial charge >= 0.3 is 0 Å². The van der Waals surface area contributed by atoms with Gasteiger partial charge in [0, 0.05) is 6.20 Å². The minimum absolute atomic E-state index is 0.826. The van der Waals surface area contributed by atoms with E-state index in [0.717, 1.165) is 17.8 Å². The van der Waals surface area contributed by atoms with Crippen LogP contribution in [-0.2, 0) is 6.42 Å². The molecule has 0 atom stereocenters. The maximum atomic E-state index is 4.38. The van der Waals surface area contributed by atoms with E-state index >= 15 is 0 Å². The molecule has 2 heterocycles. The van der Waals surface area contributed by atoms with Gasteiger partial charge in [0.2, 0.25) is 0 Å². The largest absolute Gasteiger partial charge is 0.265 e. The highest BCUT2D eigenvalue weighted by Gasteiger charge is 2.07. The third-order valence-electron chi connectivity index (χ3n) is 2.60. The van der Waals surface area contributed by atoms with Crippen molar-refractivity contribution in [2.75, 3.05) is 0 Å². The van der Waals surface area contributed by atoms with E-state index in [4.69, 9.17) is 0 Å². The summed E-state index contributed by atoms with van der Waals surface area (Å²) in [5.74, 6) is 0. The number of aryl methyl sites for hydroxylation is 1. The number of aromatic nitrogens is 4. The van der Waals surface area contributed by atoms with Crippen molar-refractivity contribution in [3.8, 4) is 11.4 Å². The van der Waals surface area contributed by atoms with Gasteiger partial charge in [-0.25, -0.2) is 0 Å². The van der Waals surface area contributed by atoms with E-state index in [1.807, 2.05) is 6.07 Å². The summed E-state index contributed by atoms with van der Waals surface area (Å²) in [5, 5.41) is 10.5. The molecule has 16 heavy (non-hydrogen) atoms. The molecule has 0 saturated carbocycles. The molecule has 0 radical (unpaired) electrons. The standard InChI is InChI=1S/C12H16N4/c1-2-3-4-6-10-7-5-8-13-12(10)11-9-14-16-15-11/h5,7-9H,2-4,6H2,1H3,(H,14,15,16). The Morgan fingerprint density at radius 2 is 2.25 bits per heavy atom. The van der Waals surface area contributed by atoms with Crippen LogP contribution < -0.4 is 0 Å². The maximum absolute atomic E-state index is 4.38. The van der Waals surface area contributed by atoms with E-state index in [1.165, 1.54) is 24.8 Å². The Morgan fingerprint density at radius 3 is 3.00 bits per heavy atom. The summed E-state index contributed by atoms with van der Waals surface area (Å²) < 4.78 is 0. The Morgan fingerprint density at radius 1 is 1.31 bits per heavy atom. The fourth-order valence-corrected chi connectivity index (χ4v) is 1.75. The van der Waals surface area contributed by atoms with Crippen LogP contribution in [0.3, 0.4) is 0 Å². The van der Waals surface area contributed by atoms with Crippen LogP contribution in [0.25, 0.3) is 11.4 Å². The highest BCUT2D eigenvalue weighted by Crippen LogP contribution is 2.19. The Hall–Kier alpha value is -1.71. The molecular formula is C12H16N4. The van der Waals surface area contributed by atoms with Gasteiger partial charge in [-0.2, -0.15) is 0 Å². The van der Waals surface area contributed by atoms with E-state index in [1.54, 1.807) is 12.4 Å². The highest BCUT2D eigenvalue weighted by molar-refractivity contribution is 5.56. The lowest BCUT2D eigenvalue weighted by Crippen LogP contribution is -1.93. The van der Waals surface area contributed by atoms with Crippen molar-refractivity contribution in [3.63, 3.8) is 0 Å². The monoisotopic (exact) mass is 216 g/mol. The average molecular weight is 216 g/mol. The molecule has 0 bridgehead atoms. The Balaban J connectivity index is 2.18. The van der Waals surface area contributed by atoms with Gasteiger partial charge in [0.15, 0.2) is 0 Å². The van der Waals surface area contributed by atoms with Crippen molar-refractivity contribution in [1.29, 1.82) is 0 Å². The number of rotatable bonds is 5. The number of pyridine rings is 1. The summed E-state index contributed by atoms with van der Waals surface area (Å²) in [4.78, 5) is 4.38. The molecule has 0 aliphatic carbocycles. The van der Waals surface area contributed by atoms with Crippen molar-refractivity contribution < 1.29 is 0 Å². The molecular weight excluding hydrogens is 200 g/mol. The molecule has 0 spiro atoms. The molecule has 0 aliphatic rings.